The fourth-order valence-corrected chi connectivity index (χ4v) is 3.49. The minimum atomic E-state index is -0.480. The zero-order chi connectivity index (χ0) is 24.1. The summed E-state index contributed by atoms with van der Waals surface area (Å²) >= 11 is 0. The Hall–Kier alpha value is -4.54. The van der Waals surface area contributed by atoms with Gasteiger partial charge in [-0.25, -0.2) is 9.67 Å². The van der Waals surface area contributed by atoms with E-state index in [1.807, 2.05) is 6.92 Å². The maximum atomic E-state index is 12.9. The van der Waals surface area contributed by atoms with E-state index >= 15 is 0 Å². The molecule has 2 aromatic carbocycles. The van der Waals surface area contributed by atoms with Crippen molar-refractivity contribution < 1.29 is 14.5 Å². The second-order valence-electron chi connectivity index (χ2n) is 7.42. The van der Waals surface area contributed by atoms with Gasteiger partial charge in [-0.15, -0.1) is 0 Å². The third-order valence-corrected chi connectivity index (χ3v) is 5.13. The molecular formula is C23H22N6O5. The number of non-ortho nitro benzene ring substituents is 1. The molecule has 0 atom stereocenters. The smallest absolute Gasteiger partial charge is 0.269 e. The van der Waals surface area contributed by atoms with Crippen molar-refractivity contribution in [2.45, 2.75) is 20.0 Å². The van der Waals surface area contributed by atoms with E-state index in [1.54, 1.807) is 41.1 Å². The number of ether oxygens (including phenoxy) is 1. The Labute approximate surface area is 193 Å². The van der Waals surface area contributed by atoms with Gasteiger partial charge in [-0.2, -0.15) is 5.10 Å². The fourth-order valence-electron chi connectivity index (χ4n) is 3.49. The number of carbonyl (C=O) groups is 1. The van der Waals surface area contributed by atoms with Gasteiger partial charge in [0.2, 0.25) is 0 Å². The van der Waals surface area contributed by atoms with Crippen molar-refractivity contribution in [2.75, 3.05) is 13.2 Å². The van der Waals surface area contributed by atoms with Gasteiger partial charge in [0.05, 0.1) is 30.8 Å². The first-order valence-electron chi connectivity index (χ1n) is 10.6. The number of hydrogen-bond acceptors (Lipinski definition) is 7. The van der Waals surface area contributed by atoms with Crippen LogP contribution >= 0.6 is 0 Å². The van der Waals surface area contributed by atoms with E-state index in [9.17, 15) is 19.7 Å². The highest BCUT2D eigenvalue weighted by molar-refractivity contribution is 5.94. The monoisotopic (exact) mass is 462 g/mol. The quantitative estimate of drug-likeness (QED) is 0.298. The molecule has 0 unspecified atom stereocenters. The highest BCUT2D eigenvalue weighted by Crippen LogP contribution is 2.14. The van der Waals surface area contributed by atoms with Gasteiger partial charge < -0.3 is 10.1 Å². The van der Waals surface area contributed by atoms with Crippen molar-refractivity contribution in [3.63, 3.8) is 0 Å². The van der Waals surface area contributed by atoms with Gasteiger partial charge in [-0.1, -0.05) is 12.1 Å². The van der Waals surface area contributed by atoms with Crippen molar-refractivity contribution in [1.82, 2.24) is 24.6 Å². The van der Waals surface area contributed by atoms with Crippen LogP contribution in [0.4, 0.5) is 5.69 Å². The molecule has 174 valence electrons. The lowest BCUT2D eigenvalue weighted by Gasteiger charge is -2.08. The molecule has 2 heterocycles. The van der Waals surface area contributed by atoms with E-state index in [2.05, 4.69) is 15.4 Å². The van der Waals surface area contributed by atoms with Gasteiger partial charge in [0, 0.05) is 24.2 Å². The largest absolute Gasteiger partial charge is 0.494 e. The number of nitro benzene ring substituents is 1. The maximum Gasteiger partial charge on any atom is 0.269 e. The van der Waals surface area contributed by atoms with Crippen LogP contribution in [-0.2, 0) is 13.1 Å². The van der Waals surface area contributed by atoms with Crippen molar-refractivity contribution in [2.24, 2.45) is 0 Å². The molecule has 0 aliphatic rings. The SMILES string of the molecule is CCOc1ccc(C(=O)NCCn2ncc3c(=O)n(Cc4cccc([N+](=O)[O-])c4)cnc32)cc1. The zero-order valence-corrected chi connectivity index (χ0v) is 18.4. The molecule has 0 spiro atoms. The minimum Gasteiger partial charge on any atom is -0.494 e. The van der Waals surface area contributed by atoms with E-state index in [4.69, 9.17) is 4.74 Å². The Morgan fingerprint density at radius 3 is 2.74 bits per heavy atom. The molecule has 0 fully saturated rings. The van der Waals surface area contributed by atoms with Gasteiger partial charge in [-0.3, -0.25) is 24.3 Å². The molecule has 0 bridgehead atoms. The van der Waals surface area contributed by atoms with Crippen LogP contribution in [0.25, 0.3) is 11.0 Å². The van der Waals surface area contributed by atoms with E-state index in [-0.39, 0.29) is 23.7 Å². The average molecular weight is 462 g/mol. The van der Waals surface area contributed by atoms with E-state index in [0.717, 1.165) is 0 Å². The second-order valence-corrected chi connectivity index (χ2v) is 7.42. The Morgan fingerprint density at radius 2 is 2.00 bits per heavy atom. The lowest BCUT2D eigenvalue weighted by Crippen LogP contribution is -2.27. The number of fused-ring (bicyclic) bond motifs is 1. The Balaban J connectivity index is 1.42. The molecule has 0 saturated heterocycles. The predicted molar refractivity (Wildman–Crippen MR) is 124 cm³/mol. The highest BCUT2D eigenvalue weighted by atomic mass is 16.6. The summed E-state index contributed by atoms with van der Waals surface area (Å²) in [5.74, 6) is 0.469. The normalized spacial score (nSPS) is 10.9. The lowest BCUT2D eigenvalue weighted by molar-refractivity contribution is -0.384. The molecule has 0 aliphatic heterocycles. The highest BCUT2D eigenvalue weighted by Gasteiger charge is 2.12. The summed E-state index contributed by atoms with van der Waals surface area (Å²) in [4.78, 5) is 40.1. The maximum absolute atomic E-state index is 12.9. The molecule has 2 aromatic heterocycles. The molecule has 34 heavy (non-hydrogen) atoms. The molecule has 11 heteroatoms. The summed E-state index contributed by atoms with van der Waals surface area (Å²) in [5.41, 5.74) is 1.18. The lowest BCUT2D eigenvalue weighted by atomic mass is 10.2. The number of rotatable bonds is 9. The van der Waals surface area contributed by atoms with Crippen LogP contribution in [0.1, 0.15) is 22.8 Å². The minimum absolute atomic E-state index is 0.0420. The van der Waals surface area contributed by atoms with Gasteiger partial charge in [-0.05, 0) is 36.8 Å². The van der Waals surface area contributed by atoms with E-state index in [0.29, 0.717) is 47.6 Å². The summed E-state index contributed by atoms with van der Waals surface area (Å²) in [6.45, 7) is 3.21. The second kappa shape index (κ2) is 9.94. The zero-order valence-electron chi connectivity index (χ0n) is 18.4. The topological polar surface area (TPSA) is 134 Å². The van der Waals surface area contributed by atoms with Gasteiger partial charge in [0.25, 0.3) is 17.2 Å². The van der Waals surface area contributed by atoms with Crippen LogP contribution in [0, 0.1) is 10.1 Å². The number of amides is 1. The van der Waals surface area contributed by atoms with E-state index in [1.165, 1.54) is 29.2 Å². The molecule has 4 rings (SSSR count). The molecule has 0 aliphatic carbocycles. The summed E-state index contributed by atoms with van der Waals surface area (Å²) in [6, 6.07) is 13.0. The predicted octanol–water partition coefficient (Wildman–Crippen LogP) is 2.38. The van der Waals surface area contributed by atoms with Crippen LogP contribution in [-0.4, -0.2) is 43.3 Å². The number of nitro groups is 1. The van der Waals surface area contributed by atoms with Crippen molar-refractivity contribution in [3.05, 3.63) is 92.7 Å². The summed E-state index contributed by atoms with van der Waals surface area (Å²) < 4.78 is 8.30. The standard InChI is InChI=1S/C23H22N6O5/c1-2-34-19-8-6-17(7-9-19)22(30)24-10-11-28-21-20(13-26-28)23(31)27(15-25-21)14-16-4-3-5-18(12-16)29(32)33/h3-9,12-13,15H,2,10-11,14H2,1H3,(H,24,30). The number of nitrogens with one attached hydrogen (secondary N) is 1. The summed E-state index contributed by atoms with van der Waals surface area (Å²) in [7, 11) is 0. The Morgan fingerprint density at radius 1 is 1.21 bits per heavy atom. The summed E-state index contributed by atoms with van der Waals surface area (Å²) in [6.07, 6.45) is 2.82. The number of hydrogen-bond donors (Lipinski definition) is 1. The van der Waals surface area contributed by atoms with Crippen LogP contribution in [0.5, 0.6) is 5.75 Å². The molecule has 11 nitrogen and oxygen atoms in total. The van der Waals surface area contributed by atoms with Crippen LogP contribution in [0.2, 0.25) is 0 Å². The number of benzene rings is 2. The number of carbonyl (C=O) groups excluding carboxylic acids is 1. The van der Waals surface area contributed by atoms with Gasteiger partial charge in [0.1, 0.15) is 17.5 Å². The van der Waals surface area contributed by atoms with Crippen molar-refractivity contribution >= 4 is 22.6 Å². The average Bonchev–Trinajstić information content (AvgIpc) is 3.25. The molecule has 4 aromatic rings. The van der Waals surface area contributed by atoms with Gasteiger partial charge >= 0.3 is 0 Å². The molecule has 1 N–H and O–H groups in total. The first-order chi connectivity index (χ1) is 16.5. The molecule has 0 radical (unpaired) electrons. The summed E-state index contributed by atoms with van der Waals surface area (Å²) in [5, 5.41) is 18.4. The third-order valence-electron chi connectivity index (χ3n) is 5.13. The Bertz CT molecular complexity index is 1390. The van der Waals surface area contributed by atoms with Crippen molar-refractivity contribution in [1.29, 1.82) is 0 Å². The molecule has 0 saturated carbocycles. The Kier molecular flexibility index (Phi) is 6.62. The fraction of sp³-hybridized carbons (Fsp3) is 0.217. The molecular weight excluding hydrogens is 440 g/mol. The first-order valence-corrected chi connectivity index (χ1v) is 10.6. The van der Waals surface area contributed by atoms with Crippen LogP contribution in [0.15, 0.2) is 65.8 Å². The number of aromatic nitrogens is 4. The third kappa shape index (κ3) is 4.93. The first kappa shape index (κ1) is 22.6. The van der Waals surface area contributed by atoms with Crippen molar-refractivity contribution in [3.8, 4) is 5.75 Å². The van der Waals surface area contributed by atoms with Crippen LogP contribution in [0.3, 0.4) is 0 Å². The molecule has 1 amide bonds. The van der Waals surface area contributed by atoms with Gasteiger partial charge in [0.15, 0.2) is 5.65 Å². The van der Waals surface area contributed by atoms with Crippen LogP contribution < -0.4 is 15.6 Å². The number of nitrogens with zero attached hydrogens (tertiary/aromatic N) is 5. The van der Waals surface area contributed by atoms with E-state index < -0.39 is 4.92 Å².